The summed E-state index contributed by atoms with van der Waals surface area (Å²) in [5.41, 5.74) is 1.99. The lowest BCUT2D eigenvalue weighted by molar-refractivity contribution is -0.133. The summed E-state index contributed by atoms with van der Waals surface area (Å²) in [7, 11) is 0. The predicted octanol–water partition coefficient (Wildman–Crippen LogP) is 3.15. The molecule has 34 heavy (non-hydrogen) atoms. The number of aromatic nitrogens is 2. The lowest BCUT2D eigenvalue weighted by Crippen LogP contribution is -2.51. The van der Waals surface area contributed by atoms with Crippen LogP contribution in [-0.2, 0) is 9.59 Å². The number of hydrogen-bond donors (Lipinski definition) is 2. The molecule has 0 radical (unpaired) electrons. The second-order valence-corrected chi connectivity index (χ2v) is 10.3. The van der Waals surface area contributed by atoms with E-state index in [2.05, 4.69) is 44.2 Å². The van der Waals surface area contributed by atoms with Crippen LogP contribution in [0.4, 0.5) is 11.6 Å². The van der Waals surface area contributed by atoms with E-state index in [9.17, 15) is 9.59 Å². The van der Waals surface area contributed by atoms with Gasteiger partial charge in [-0.05, 0) is 30.0 Å². The first-order valence-corrected chi connectivity index (χ1v) is 12.4. The quantitative estimate of drug-likeness (QED) is 0.657. The molecule has 3 heterocycles. The third kappa shape index (κ3) is 4.36. The van der Waals surface area contributed by atoms with Crippen LogP contribution >= 0.6 is 11.6 Å². The van der Waals surface area contributed by atoms with Crippen molar-refractivity contribution in [3.05, 3.63) is 46.7 Å². The molecule has 2 fully saturated rings. The Labute approximate surface area is 205 Å². The van der Waals surface area contributed by atoms with E-state index in [-0.39, 0.29) is 35.7 Å². The molecule has 2 N–H and O–H groups in total. The number of anilines is 2. The van der Waals surface area contributed by atoms with Crippen molar-refractivity contribution in [1.29, 1.82) is 0 Å². The highest BCUT2D eigenvalue weighted by Gasteiger charge is 2.52. The minimum absolute atomic E-state index is 0.00684. The fraction of sp³-hybridized carbons (Fsp3) is 0.520. The van der Waals surface area contributed by atoms with Gasteiger partial charge in [-0.2, -0.15) is 0 Å². The summed E-state index contributed by atoms with van der Waals surface area (Å²) in [5, 5.41) is 7.00. The predicted molar refractivity (Wildman–Crippen MR) is 132 cm³/mol. The first-order chi connectivity index (χ1) is 16.3. The highest BCUT2D eigenvalue weighted by Crippen LogP contribution is 2.44. The molecule has 0 spiro atoms. The Hall–Kier alpha value is -2.71. The van der Waals surface area contributed by atoms with Crippen LogP contribution in [0.15, 0.2) is 30.6 Å². The fourth-order valence-corrected chi connectivity index (χ4v) is 5.38. The Morgan fingerprint density at radius 1 is 1.21 bits per heavy atom. The Kier molecular flexibility index (Phi) is 6.20. The van der Waals surface area contributed by atoms with Crippen molar-refractivity contribution >= 4 is 35.1 Å². The molecule has 1 aliphatic carbocycles. The molecule has 180 valence electrons. The molecule has 9 heteroatoms. The van der Waals surface area contributed by atoms with Gasteiger partial charge in [-0.3, -0.25) is 9.59 Å². The monoisotopic (exact) mass is 482 g/mol. The number of nitrogens with one attached hydrogen (secondary N) is 2. The van der Waals surface area contributed by atoms with Crippen molar-refractivity contribution < 1.29 is 9.59 Å². The van der Waals surface area contributed by atoms with Crippen LogP contribution in [0.5, 0.6) is 0 Å². The van der Waals surface area contributed by atoms with Gasteiger partial charge in [0.15, 0.2) is 0 Å². The molecular formula is C25H31ClN6O2. The molecule has 5 rings (SSSR count). The summed E-state index contributed by atoms with van der Waals surface area (Å²) in [6, 6.07) is 8.32. The third-order valence-corrected chi connectivity index (χ3v) is 7.32. The summed E-state index contributed by atoms with van der Waals surface area (Å²) in [4.78, 5) is 39.0. The number of hydrogen-bond acceptors (Lipinski definition) is 6. The van der Waals surface area contributed by atoms with E-state index in [1.807, 2.05) is 31.2 Å². The van der Waals surface area contributed by atoms with E-state index in [0.717, 1.165) is 23.4 Å². The fourth-order valence-electron chi connectivity index (χ4n) is 5.25. The standard InChI is InChI=1S/C25H31ClN6O2/c1-14(2)27-12-18(16-4-6-17(26)7-5-16)25(34)32-9-8-31(19-11-20(19)32)24-22-15(3)10-21(33)30-23(22)28-13-29-24/h4-7,13-15,18-20,27H,8-12H2,1-3H3,(H,28,29,30,33)/t15-,18-,19-,20+/m1/s1. The smallest absolute Gasteiger partial charge is 0.231 e. The van der Waals surface area contributed by atoms with Crippen molar-refractivity contribution in [3.8, 4) is 0 Å². The zero-order valence-corrected chi connectivity index (χ0v) is 20.5. The van der Waals surface area contributed by atoms with E-state index >= 15 is 0 Å². The first-order valence-electron chi connectivity index (χ1n) is 12.0. The molecule has 3 aliphatic rings. The van der Waals surface area contributed by atoms with E-state index < -0.39 is 0 Å². The zero-order chi connectivity index (χ0) is 24.0. The maximum absolute atomic E-state index is 13.8. The van der Waals surface area contributed by atoms with Crippen LogP contribution in [0.3, 0.4) is 0 Å². The number of fused-ring (bicyclic) bond motifs is 2. The Bertz CT molecular complexity index is 1090. The highest BCUT2D eigenvalue weighted by atomic mass is 35.5. The second kappa shape index (κ2) is 9.15. The van der Waals surface area contributed by atoms with Gasteiger partial charge in [-0.25, -0.2) is 9.97 Å². The van der Waals surface area contributed by atoms with Gasteiger partial charge in [0.2, 0.25) is 11.8 Å². The van der Waals surface area contributed by atoms with Crippen molar-refractivity contribution in [3.63, 3.8) is 0 Å². The average molecular weight is 483 g/mol. The average Bonchev–Trinajstić information content (AvgIpc) is 3.60. The van der Waals surface area contributed by atoms with Gasteiger partial charge in [-0.15, -0.1) is 0 Å². The van der Waals surface area contributed by atoms with Gasteiger partial charge in [-0.1, -0.05) is 44.5 Å². The van der Waals surface area contributed by atoms with Gasteiger partial charge in [0.05, 0.1) is 18.0 Å². The number of piperazine rings is 1. The van der Waals surface area contributed by atoms with Gasteiger partial charge >= 0.3 is 0 Å². The molecular weight excluding hydrogens is 452 g/mol. The Morgan fingerprint density at radius 2 is 1.97 bits per heavy atom. The number of amides is 2. The minimum Gasteiger partial charge on any atom is -0.349 e. The SMILES string of the molecule is CC(C)NC[C@@H](C(=O)N1CCN(c2ncnc3c2[C@H](C)CC(=O)N3)[C@@H]2C[C@@H]21)c1ccc(Cl)cc1. The molecule has 0 bridgehead atoms. The van der Waals surface area contributed by atoms with Crippen LogP contribution in [-0.4, -0.2) is 64.4 Å². The second-order valence-electron chi connectivity index (χ2n) is 9.88. The lowest BCUT2D eigenvalue weighted by Gasteiger charge is -2.38. The van der Waals surface area contributed by atoms with Gasteiger partial charge < -0.3 is 20.4 Å². The molecule has 1 aromatic carbocycles. The highest BCUT2D eigenvalue weighted by molar-refractivity contribution is 6.30. The van der Waals surface area contributed by atoms with Gasteiger partial charge in [0.25, 0.3) is 0 Å². The van der Waals surface area contributed by atoms with Crippen LogP contribution in [0.1, 0.15) is 56.6 Å². The minimum atomic E-state index is -0.255. The van der Waals surface area contributed by atoms with Crippen molar-refractivity contribution in [2.45, 2.75) is 63.6 Å². The normalized spacial score (nSPS) is 24.4. The Balaban J connectivity index is 1.35. The maximum Gasteiger partial charge on any atom is 0.231 e. The summed E-state index contributed by atoms with van der Waals surface area (Å²) in [6.45, 7) is 8.17. The third-order valence-electron chi connectivity index (χ3n) is 7.07. The zero-order valence-electron chi connectivity index (χ0n) is 19.8. The number of carbonyl (C=O) groups is 2. The van der Waals surface area contributed by atoms with Crippen LogP contribution in [0.25, 0.3) is 0 Å². The molecule has 0 unspecified atom stereocenters. The van der Waals surface area contributed by atoms with Crippen LogP contribution in [0.2, 0.25) is 5.02 Å². The summed E-state index contributed by atoms with van der Waals surface area (Å²) in [5.74, 6) is 1.48. The first kappa shape index (κ1) is 23.1. The number of halogens is 1. The van der Waals surface area contributed by atoms with Crippen LogP contribution < -0.4 is 15.5 Å². The largest absolute Gasteiger partial charge is 0.349 e. The van der Waals surface area contributed by atoms with Gasteiger partial charge in [0, 0.05) is 42.7 Å². The number of benzene rings is 1. The Morgan fingerprint density at radius 3 is 2.71 bits per heavy atom. The van der Waals surface area contributed by atoms with Crippen molar-refractivity contribution in [1.82, 2.24) is 20.2 Å². The van der Waals surface area contributed by atoms with Gasteiger partial charge in [0.1, 0.15) is 18.0 Å². The molecule has 1 saturated heterocycles. The van der Waals surface area contributed by atoms with E-state index in [4.69, 9.17) is 11.6 Å². The number of rotatable bonds is 6. The van der Waals surface area contributed by atoms with Crippen molar-refractivity contribution in [2.75, 3.05) is 29.9 Å². The molecule has 4 atom stereocenters. The summed E-state index contributed by atoms with van der Waals surface area (Å²) >= 11 is 6.09. The molecule has 2 aromatic rings. The number of nitrogens with zero attached hydrogens (tertiary/aromatic N) is 4. The summed E-state index contributed by atoms with van der Waals surface area (Å²) < 4.78 is 0. The number of carbonyl (C=O) groups excluding carboxylic acids is 2. The molecule has 1 aromatic heterocycles. The van der Waals surface area contributed by atoms with E-state index in [1.165, 1.54) is 6.33 Å². The topological polar surface area (TPSA) is 90.5 Å². The maximum atomic E-state index is 13.8. The molecule has 2 amide bonds. The molecule has 1 saturated carbocycles. The van der Waals surface area contributed by atoms with E-state index in [0.29, 0.717) is 42.9 Å². The van der Waals surface area contributed by atoms with Crippen LogP contribution in [0, 0.1) is 0 Å². The lowest BCUT2D eigenvalue weighted by atomic mass is 9.94. The summed E-state index contributed by atoms with van der Waals surface area (Å²) in [6.07, 6.45) is 2.89. The molecule has 2 aliphatic heterocycles. The molecule has 8 nitrogen and oxygen atoms in total. The van der Waals surface area contributed by atoms with E-state index in [1.54, 1.807) is 0 Å². The van der Waals surface area contributed by atoms with Crippen molar-refractivity contribution in [2.24, 2.45) is 0 Å².